The molecule has 0 amide bonds. The van der Waals surface area contributed by atoms with Gasteiger partial charge in [0.15, 0.2) is 0 Å². The van der Waals surface area contributed by atoms with Gasteiger partial charge in [0.25, 0.3) is 0 Å². The highest BCUT2D eigenvalue weighted by Gasteiger charge is 2.22. The van der Waals surface area contributed by atoms with Crippen LogP contribution in [0.4, 0.5) is 0 Å². The molecule has 0 saturated carbocycles. The molecule has 0 aliphatic carbocycles. The summed E-state index contributed by atoms with van der Waals surface area (Å²) in [7, 11) is 0. The van der Waals surface area contributed by atoms with Crippen molar-refractivity contribution in [3.05, 3.63) is 0 Å². The third-order valence-electron chi connectivity index (χ3n) is 2.12. The zero-order valence-electron chi connectivity index (χ0n) is 8.67. The van der Waals surface area contributed by atoms with Crippen LogP contribution in [0.1, 0.15) is 27.7 Å². The van der Waals surface area contributed by atoms with Gasteiger partial charge < -0.3 is 10.8 Å². The van der Waals surface area contributed by atoms with E-state index < -0.39 is 5.60 Å². The number of hydrogen-bond acceptors (Lipinski definition) is 3. The Labute approximate surface area is 75.6 Å². The maximum Gasteiger partial charge on any atom is 0.0867 e. The third kappa shape index (κ3) is 4.04. The Morgan fingerprint density at radius 3 is 2.25 bits per heavy atom. The van der Waals surface area contributed by atoms with Crippen LogP contribution in [-0.2, 0) is 0 Å². The fraction of sp³-hybridized carbons (Fsp3) is 1.00. The van der Waals surface area contributed by atoms with E-state index in [0.29, 0.717) is 19.1 Å². The Kier molecular flexibility index (Phi) is 4.75. The van der Waals surface area contributed by atoms with Gasteiger partial charge in [0, 0.05) is 19.1 Å². The Balaban J connectivity index is 4.01. The van der Waals surface area contributed by atoms with Crippen LogP contribution in [-0.4, -0.2) is 41.3 Å². The van der Waals surface area contributed by atoms with Crippen molar-refractivity contribution < 1.29 is 5.11 Å². The maximum absolute atomic E-state index is 9.71. The second kappa shape index (κ2) is 4.80. The number of hydrogen-bond donors (Lipinski definition) is 2. The zero-order valence-corrected chi connectivity index (χ0v) is 8.67. The minimum Gasteiger partial charge on any atom is -0.388 e. The second-order valence-electron chi connectivity index (χ2n) is 3.86. The molecule has 3 heteroatoms. The molecule has 0 rings (SSSR count). The molecular formula is C9H22N2O. The van der Waals surface area contributed by atoms with E-state index in [1.165, 1.54) is 0 Å². The van der Waals surface area contributed by atoms with Gasteiger partial charge in [-0.15, -0.1) is 0 Å². The quantitative estimate of drug-likeness (QED) is 0.635. The van der Waals surface area contributed by atoms with Crippen molar-refractivity contribution in [2.75, 3.05) is 19.6 Å². The highest BCUT2D eigenvalue weighted by molar-refractivity contribution is 4.79. The molecule has 74 valence electrons. The largest absolute Gasteiger partial charge is 0.388 e. The topological polar surface area (TPSA) is 49.5 Å². The molecule has 1 atom stereocenters. The van der Waals surface area contributed by atoms with Crippen LogP contribution in [0.2, 0.25) is 0 Å². The van der Waals surface area contributed by atoms with E-state index in [1.807, 2.05) is 0 Å². The van der Waals surface area contributed by atoms with Crippen LogP contribution in [0.15, 0.2) is 0 Å². The van der Waals surface area contributed by atoms with Crippen LogP contribution >= 0.6 is 0 Å². The molecule has 0 fully saturated rings. The summed E-state index contributed by atoms with van der Waals surface area (Å²) in [6, 6.07) is 0.466. The predicted molar refractivity (Wildman–Crippen MR) is 52.1 cm³/mol. The Morgan fingerprint density at radius 2 is 2.00 bits per heavy atom. The van der Waals surface area contributed by atoms with Crippen LogP contribution in [0, 0.1) is 0 Å². The van der Waals surface area contributed by atoms with Crippen molar-refractivity contribution in [2.24, 2.45) is 5.73 Å². The van der Waals surface area contributed by atoms with E-state index in [0.717, 1.165) is 6.54 Å². The van der Waals surface area contributed by atoms with Crippen LogP contribution < -0.4 is 5.73 Å². The number of nitrogens with zero attached hydrogens (tertiary/aromatic N) is 1. The average molecular weight is 174 g/mol. The van der Waals surface area contributed by atoms with Gasteiger partial charge in [0.2, 0.25) is 0 Å². The summed E-state index contributed by atoms with van der Waals surface area (Å²) >= 11 is 0. The van der Waals surface area contributed by atoms with Gasteiger partial charge in [0.1, 0.15) is 0 Å². The SMILES string of the molecule is CCN(CC(C)(O)CN)C(C)C. The molecule has 0 heterocycles. The molecule has 0 radical (unpaired) electrons. The zero-order chi connectivity index (χ0) is 9.78. The fourth-order valence-corrected chi connectivity index (χ4v) is 1.16. The second-order valence-corrected chi connectivity index (χ2v) is 3.86. The number of nitrogens with two attached hydrogens (primary N) is 1. The van der Waals surface area contributed by atoms with E-state index in [2.05, 4.69) is 25.7 Å². The van der Waals surface area contributed by atoms with Crippen LogP contribution in [0.5, 0.6) is 0 Å². The predicted octanol–water partition coefficient (Wildman–Crippen LogP) is 0.426. The van der Waals surface area contributed by atoms with Gasteiger partial charge in [-0.3, -0.25) is 4.90 Å². The minimum atomic E-state index is -0.750. The van der Waals surface area contributed by atoms with Gasteiger partial charge in [-0.1, -0.05) is 6.92 Å². The summed E-state index contributed by atoms with van der Waals surface area (Å²) in [5.41, 5.74) is 4.68. The van der Waals surface area contributed by atoms with Gasteiger partial charge in [-0.25, -0.2) is 0 Å². The van der Waals surface area contributed by atoms with Crippen molar-refractivity contribution in [1.29, 1.82) is 0 Å². The van der Waals surface area contributed by atoms with Gasteiger partial charge in [-0.2, -0.15) is 0 Å². The lowest BCUT2D eigenvalue weighted by Gasteiger charge is -2.32. The minimum absolute atomic E-state index is 0.316. The van der Waals surface area contributed by atoms with E-state index >= 15 is 0 Å². The molecule has 3 nitrogen and oxygen atoms in total. The van der Waals surface area contributed by atoms with Crippen molar-refractivity contribution in [2.45, 2.75) is 39.3 Å². The normalized spacial score (nSPS) is 17.0. The Bertz CT molecular complexity index is 124. The van der Waals surface area contributed by atoms with E-state index in [-0.39, 0.29) is 0 Å². The standard InChI is InChI=1S/C9H22N2O/c1-5-11(8(2)3)7-9(4,12)6-10/h8,12H,5-7,10H2,1-4H3. The third-order valence-corrected chi connectivity index (χ3v) is 2.12. The summed E-state index contributed by atoms with van der Waals surface area (Å²) < 4.78 is 0. The molecular weight excluding hydrogens is 152 g/mol. The van der Waals surface area contributed by atoms with E-state index in [4.69, 9.17) is 5.73 Å². The van der Waals surface area contributed by atoms with Crippen LogP contribution in [0.3, 0.4) is 0 Å². The lowest BCUT2D eigenvalue weighted by molar-refractivity contribution is 0.0194. The Morgan fingerprint density at radius 1 is 1.50 bits per heavy atom. The highest BCUT2D eigenvalue weighted by atomic mass is 16.3. The summed E-state index contributed by atoms with van der Waals surface area (Å²) in [5.74, 6) is 0. The first-order chi connectivity index (χ1) is 5.43. The van der Waals surface area contributed by atoms with Crippen molar-refractivity contribution in [1.82, 2.24) is 4.90 Å². The van der Waals surface area contributed by atoms with Gasteiger partial charge in [0.05, 0.1) is 5.60 Å². The van der Waals surface area contributed by atoms with Crippen molar-refractivity contribution >= 4 is 0 Å². The Hall–Kier alpha value is -0.120. The molecule has 0 aliphatic rings. The average Bonchev–Trinajstić information content (AvgIpc) is 2.00. The van der Waals surface area contributed by atoms with Crippen molar-refractivity contribution in [3.8, 4) is 0 Å². The lowest BCUT2D eigenvalue weighted by atomic mass is 10.1. The number of likely N-dealkylation sites (N-methyl/N-ethyl adjacent to an activating group) is 1. The molecule has 3 N–H and O–H groups in total. The smallest absolute Gasteiger partial charge is 0.0867 e. The summed E-state index contributed by atoms with van der Waals surface area (Å²) in [6.45, 7) is 10.0. The summed E-state index contributed by atoms with van der Waals surface area (Å²) in [6.07, 6.45) is 0. The van der Waals surface area contributed by atoms with Crippen LogP contribution in [0.25, 0.3) is 0 Å². The first-order valence-corrected chi connectivity index (χ1v) is 4.59. The molecule has 0 aromatic rings. The molecule has 0 spiro atoms. The summed E-state index contributed by atoms with van der Waals surface area (Å²) in [5, 5.41) is 9.71. The molecule has 0 aromatic carbocycles. The monoisotopic (exact) mass is 174 g/mol. The molecule has 12 heavy (non-hydrogen) atoms. The molecule has 1 unspecified atom stereocenters. The first kappa shape index (κ1) is 11.9. The summed E-state index contributed by atoms with van der Waals surface area (Å²) in [4.78, 5) is 2.20. The fourth-order valence-electron chi connectivity index (χ4n) is 1.16. The highest BCUT2D eigenvalue weighted by Crippen LogP contribution is 2.07. The lowest BCUT2D eigenvalue weighted by Crippen LogP contribution is -2.48. The molecule has 0 bridgehead atoms. The molecule has 0 saturated heterocycles. The van der Waals surface area contributed by atoms with Gasteiger partial charge >= 0.3 is 0 Å². The van der Waals surface area contributed by atoms with E-state index in [9.17, 15) is 5.11 Å². The first-order valence-electron chi connectivity index (χ1n) is 4.59. The number of aliphatic hydroxyl groups is 1. The number of rotatable bonds is 5. The molecule has 0 aromatic heterocycles. The van der Waals surface area contributed by atoms with Crippen molar-refractivity contribution in [3.63, 3.8) is 0 Å². The molecule has 0 aliphatic heterocycles. The maximum atomic E-state index is 9.71. The van der Waals surface area contributed by atoms with Gasteiger partial charge in [-0.05, 0) is 27.3 Å². The van der Waals surface area contributed by atoms with E-state index in [1.54, 1.807) is 6.92 Å².